The molecule has 0 aromatic heterocycles. The van der Waals surface area contributed by atoms with Gasteiger partial charge in [0.2, 0.25) is 5.91 Å². The molecule has 1 aromatic rings. The maximum absolute atomic E-state index is 13.8. The number of nitrogens with two attached hydrogens (primary N) is 1. The lowest BCUT2D eigenvalue weighted by Gasteiger charge is -2.52. The molecule has 110 valence electrons. The molecule has 1 aromatic carbocycles. The van der Waals surface area contributed by atoms with Crippen molar-refractivity contribution in [1.29, 1.82) is 0 Å². The molecule has 0 spiro atoms. The zero-order valence-corrected chi connectivity index (χ0v) is 12.1. The standard InChI is InChI=1S/C15H21FN2O2/c1-4-20-13-8-12(15(13,2)3)18-11-7-9(14(17)19)5-6-10(11)16/h5-7,12-13,18H,4,8H2,1-3H3,(H2,17,19). The number of anilines is 1. The number of benzene rings is 1. The smallest absolute Gasteiger partial charge is 0.248 e. The molecule has 20 heavy (non-hydrogen) atoms. The van der Waals surface area contributed by atoms with Crippen molar-refractivity contribution in [2.24, 2.45) is 11.1 Å². The SMILES string of the molecule is CCOC1CC(Nc2cc(C(N)=O)ccc2F)C1(C)C. The van der Waals surface area contributed by atoms with Crippen LogP contribution in [0, 0.1) is 11.2 Å². The molecule has 3 N–H and O–H groups in total. The maximum atomic E-state index is 13.8. The number of ether oxygens (including phenoxy) is 1. The minimum atomic E-state index is -0.562. The van der Waals surface area contributed by atoms with Gasteiger partial charge in [0.25, 0.3) is 0 Å². The van der Waals surface area contributed by atoms with Crippen molar-refractivity contribution in [2.45, 2.75) is 39.3 Å². The molecule has 4 nitrogen and oxygen atoms in total. The van der Waals surface area contributed by atoms with Gasteiger partial charge in [0.15, 0.2) is 0 Å². The first kappa shape index (κ1) is 14.8. The quantitative estimate of drug-likeness (QED) is 0.871. The highest BCUT2D eigenvalue weighted by molar-refractivity contribution is 5.93. The van der Waals surface area contributed by atoms with Crippen molar-refractivity contribution >= 4 is 11.6 Å². The molecule has 2 rings (SSSR count). The van der Waals surface area contributed by atoms with Crippen molar-refractivity contribution in [3.8, 4) is 0 Å². The fourth-order valence-electron chi connectivity index (χ4n) is 2.59. The van der Waals surface area contributed by atoms with Gasteiger partial charge in [0.1, 0.15) is 5.82 Å². The van der Waals surface area contributed by atoms with E-state index in [1.165, 1.54) is 18.2 Å². The molecule has 0 aliphatic heterocycles. The number of nitrogens with one attached hydrogen (secondary N) is 1. The summed E-state index contributed by atoms with van der Waals surface area (Å²) in [5.41, 5.74) is 5.75. The van der Waals surface area contributed by atoms with Crippen LogP contribution in [0.1, 0.15) is 37.6 Å². The normalized spacial score (nSPS) is 24.0. The molecule has 0 bridgehead atoms. The molecule has 1 fully saturated rings. The topological polar surface area (TPSA) is 64.3 Å². The highest BCUT2D eigenvalue weighted by Gasteiger charge is 2.49. The van der Waals surface area contributed by atoms with Gasteiger partial charge in [0, 0.05) is 23.6 Å². The Hall–Kier alpha value is -1.62. The highest BCUT2D eigenvalue weighted by Crippen LogP contribution is 2.44. The molecule has 0 heterocycles. The second kappa shape index (κ2) is 5.40. The van der Waals surface area contributed by atoms with Gasteiger partial charge in [0.05, 0.1) is 11.8 Å². The average Bonchev–Trinajstić information content (AvgIpc) is 2.39. The second-order valence-corrected chi connectivity index (χ2v) is 5.76. The Kier molecular flexibility index (Phi) is 3.99. The molecule has 0 radical (unpaired) electrons. The molecule has 5 heteroatoms. The zero-order valence-electron chi connectivity index (χ0n) is 12.1. The largest absolute Gasteiger partial charge is 0.379 e. The lowest BCUT2D eigenvalue weighted by Crippen LogP contribution is -2.58. The predicted molar refractivity (Wildman–Crippen MR) is 76.1 cm³/mol. The molecular formula is C15H21FN2O2. The van der Waals surface area contributed by atoms with Crippen molar-refractivity contribution in [3.63, 3.8) is 0 Å². The van der Waals surface area contributed by atoms with E-state index in [0.717, 1.165) is 6.42 Å². The minimum Gasteiger partial charge on any atom is -0.379 e. The third-order valence-electron chi connectivity index (χ3n) is 4.13. The Morgan fingerprint density at radius 1 is 1.55 bits per heavy atom. The van der Waals surface area contributed by atoms with Crippen LogP contribution in [0.3, 0.4) is 0 Å². The first-order valence-corrected chi connectivity index (χ1v) is 6.83. The summed E-state index contributed by atoms with van der Waals surface area (Å²) >= 11 is 0. The summed E-state index contributed by atoms with van der Waals surface area (Å²) in [5, 5.41) is 3.16. The van der Waals surface area contributed by atoms with E-state index in [9.17, 15) is 9.18 Å². The number of halogens is 1. The Morgan fingerprint density at radius 3 is 2.80 bits per heavy atom. The fourth-order valence-corrected chi connectivity index (χ4v) is 2.59. The summed E-state index contributed by atoms with van der Waals surface area (Å²) in [5.74, 6) is -0.946. The summed E-state index contributed by atoms with van der Waals surface area (Å²) in [4.78, 5) is 11.2. The predicted octanol–water partition coefficient (Wildman–Crippen LogP) is 2.54. The van der Waals surface area contributed by atoms with Gasteiger partial charge >= 0.3 is 0 Å². The number of amides is 1. The first-order chi connectivity index (χ1) is 9.36. The van der Waals surface area contributed by atoms with Gasteiger partial charge in [-0.05, 0) is 31.5 Å². The van der Waals surface area contributed by atoms with E-state index in [1.807, 2.05) is 6.92 Å². The lowest BCUT2D eigenvalue weighted by molar-refractivity contribution is -0.0976. The number of primary amides is 1. The van der Waals surface area contributed by atoms with Gasteiger partial charge in [-0.15, -0.1) is 0 Å². The van der Waals surface area contributed by atoms with E-state index >= 15 is 0 Å². The van der Waals surface area contributed by atoms with E-state index in [2.05, 4.69) is 19.2 Å². The van der Waals surface area contributed by atoms with Crippen LogP contribution in [0.15, 0.2) is 18.2 Å². The van der Waals surface area contributed by atoms with Gasteiger partial charge in [-0.3, -0.25) is 4.79 Å². The van der Waals surface area contributed by atoms with Gasteiger partial charge in [-0.2, -0.15) is 0 Å². The first-order valence-electron chi connectivity index (χ1n) is 6.83. The van der Waals surface area contributed by atoms with Gasteiger partial charge in [-0.25, -0.2) is 4.39 Å². The van der Waals surface area contributed by atoms with Crippen molar-refractivity contribution in [3.05, 3.63) is 29.6 Å². The van der Waals surface area contributed by atoms with E-state index in [-0.39, 0.29) is 23.4 Å². The molecule has 1 amide bonds. The van der Waals surface area contributed by atoms with E-state index in [4.69, 9.17) is 10.5 Å². The number of carbonyl (C=O) groups excluding carboxylic acids is 1. The van der Waals surface area contributed by atoms with Crippen molar-refractivity contribution < 1.29 is 13.9 Å². The Balaban J connectivity index is 2.12. The summed E-state index contributed by atoms with van der Waals surface area (Å²) < 4.78 is 19.5. The number of carbonyl (C=O) groups is 1. The molecule has 1 aliphatic carbocycles. The van der Waals surface area contributed by atoms with E-state index in [0.29, 0.717) is 17.9 Å². The summed E-state index contributed by atoms with van der Waals surface area (Å²) in [6, 6.07) is 4.21. The van der Waals surface area contributed by atoms with Crippen LogP contribution in [0.2, 0.25) is 0 Å². The molecular weight excluding hydrogens is 259 g/mol. The van der Waals surface area contributed by atoms with Crippen LogP contribution in [0.5, 0.6) is 0 Å². The third kappa shape index (κ3) is 2.63. The van der Waals surface area contributed by atoms with Crippen LogP contribution < -0.4 is 11.1 Å². The fraction of sp³-hybridized carbons (Fsp3) is 0.533. The summed E-state index contributed by atoms with van der Waals surface area (Å²) in [7, 11) is 0. The average molecular weight is 280 g/mol. The Bertz CT molecular complexity index is 517. The highest BCUT2D eigenvalue weighted by atomic mass is 19.1. The van der Waals surface area contributed by atoms with Crippen LogP contribution in [0.25, 0.3) is 0 Å². The molecule has 1 aliphatic rings. The molecule has 1 saturated carbocycles. The van der Waals surface area contributed by atoms with E-state index < -0.39 is 5.91 Å². The second-order valence-electron chi connectivity index (χ2n) is 5.76. The molecule has 2 atom stereocenters. The van der Waals surface area contributed by atoms with Gasteiger partial charge < -0.3 is 15.8 Å². The molecule has 2 unspecified atom stereocenters. The summed E-state index contributed by atoms with van der Waals surface area (Å²) in [6.45, 7) is 6.81. The maximum Gasteiger partial charge on any atom is 0.248 e. The number of hydrogen-bond acceptors (Lipinski definition) is 3. The van der Waals surface area contributed by atoms with Gasteiger partial charge in [-0.1, -0.05) is 13.8 Å². The monoisotopic (exact) mass is 280 g/mol. The molecule has 0 saturated heterocycles. The minimum absolute atomic E-state index is 0.0782. The summed E-state index contributed by atoms with van der Waals surface area (Å²) in [6.07, 6.45) is 0.994. The van der Waals surface area contributed by atoms with Crippen molar-refractivity contribution in [2.75, 3.05) is 11.9 Å². The number of hydrogen-bond donors (Lipinski definition) is 2. The van der Waals surface area contributed by atoms with Crippen LogP contribution >= 0.6 is 0 Å². The van der Waals surface area contributed by atoms with Crippen molar-refractivity contribution in [1.82, 2.24) is 0 Å². The van der Waals surface area contributed by atoms with Crippen LogP contribution in [-0.2, 0) is 4.74 Å². The number of rotatable bonds is 5. The lowest BCUT2D eigenvalue weighted by atomic mass is 9.64. The Labute approximate surface area is 118 Å². The Morgan fingerprint density at radius 2 is 2.25 bits per heavy atom. The third-order valence-corrected chi connectivity index (χ3v) is 4.13. The van der Waals surface area contributed by atoms with Crippen LogP contribution in [0.4, 0.5) is 10.1 Å². The van der Waals surface area contributed by atoms with E-state index in [1.54, 1.807) is 0 Å². The zero-order chi connectivity index (χ0) is 14.9. The van der Waals surface area contributed by atoms with Crippen LogP contribution in [-0.4, -0.2) is 24.7 Å².